The maximum atomic E-state index is 13.2. The normalized spacial score (nSPS) is 10.6. The minimum absolute atomic E-state index is 0.0110. The van der Waals surface area contributed by atoms with Gasteiger partial charge in [-0.15, -0.1) is 5.10 Å². The van der Waals surface area contributed by atoms with Crippen molar-refractivity contribution in [2.75, 3.05) is 5.32 Å². The molecule has 7 heteroatoms. The Balaban J connectivity index is 2.12. The molecule has 0 aliphatic rings. The number of nitrogens with one attached hydrogen (secondary N) is 1. The summed E-state index contributed by atoms with van der Waals surface area (Å²) in [5.41, 5.74) is 1.53. The molecule has 0 fully saturated rings. The molecule has 0 bridgehead atoms. The van der Waals surface area contributed by atoms with Crippen molar-refractivity contribution in [3.63, 3.8) is 0 Å². The van der Waals surface area contributed by atoms with Crippen LogP contribution >= 0.6 is 23.2 Å². The van der Waals surface area contributed by atoms with Crippen molar-refractivity contribution in [1.82, 2.24) is 15.0 Å². The second-order valence-electron chi connectivity index (χ2n) is 3.46. The van der Waals surface area contributed by atoms with E-state index in [2.05, 4.69) is 15.6 Å². The monoisotopic (exact) mass is 274 g/mol. The molecule has 0 amide bonds. The summed E-state index contributed by atoms with van der Waals surface area (Å²) >= 11 is 11.4. The number of nitrogens with zero attached hydrogens (tertiary/aromatic N) is 3. The molecule has 2 rings (SSSR count). The molecule has 0 saturated heterocycles. The van der Waals surface area contributed by atoms with Gasteiger partial charge in [0.25, 0.3) is 0 Å². The van der Waals surface area contributed by atoms with Crippen LogP contribution in [0, 0.1) is 5.82 Å². The first-order chi connectivity index (χ1) is 8.08. The van der Waals surface area contributed by atoms with Crippen molar-refractivity contribution in [3.8, 4) is 0 Å². The zero-order valence-corrected chi connectivity index (χ0v) is 10.4. The largest absolute Gasteiger partial charge is 0.379 e. The smallest absolute Gasteiger partial charge is 0.160 e. The predicted molar refractivity (Wildman–Crippen MR) is 64.7 cm³/mol. The van der Waals surface area contributed by atoms with Gasteiger partial charge in [0.15, 0.2) is 5.82 Å². The van der Waals surface area contributed by atoms with E-state index in [1.165, 1.54) is 12.1 Å². The van der Waals surface area contributed by atoms with Gasteiger partial charge in [0.05, 0.1) is 28.5 Å². The zero-order chi connectivity index (χ0) is 12.4. The number of halogens is 3. The van der Waals surface area contributed by atoms with Crippen LogP contribution in [0.3, 0.4) is 0 Å². The highest BCUT2D eigenvalue weighted by atomic mass is 35.5. The first-order valence-corrected chi connectivity index (χ1v) is 5.55. The average molecular weight is 275 g/mol. The molecule has 0 atom stereocenters. The van der Waals surface area contributed by atoms with Crippen LogP contribution in [0.1, 0.15) is 5.69 Å². The fraction of sp³-hybridized carbons (Fsp3) is 0.200. The van der Waals surface area contributed by atoms with Crippen LogP contribution in [-0.2, 0) is 13.6 Å². The molecule has 0 spiro atoms. The number of rotatable bonds is 3. The lowest BCUT2D eigenvalue weighted by molar-refractivity contribution is 0.629. The summed E-state index contributed by atoms with van der Waals surface area (Å²) in [6.45, 7) is 0.502. The maximum absolute atomic E-state index is 13.2. The van der Waals surface area contributed by atoms with Gasteiger partial charge in [0.2, 0.25) is 0 Å². The van der Waals surface area contributed by atoms with Crippen molar-refractivity contribution in [2.45, 2.75) is 6.54 Å². The molecule has 1 N–H and O–H groups in total. The molecule has 4 nitrogen and oxygen atoms in total. The molecular weight excluding hydrogens is 266 g/mol. The number of hydrogen-bond donors (Lipinski definition) is 1. The number of anilines is 1. The third kappa shape index (κ3) is 2.68. The third-order valence-electron chi connectivity index (χ3n) is 2.27. The highest BCUT2D eigenvalue weighted by Gasteiger charge is 2.07. The Kier molecular flexibility index (Phi) is 3.49. The Morgan fingerprint density at radius 1 is 1.35 bits per heavy atom. The maximum Gasteiger partial charge on any atom is 0.160 e. The highest BCUT2D eigenvalue weighted by molar-refractivity contribution is 6.35. The minimum atomic E-state index is -0.610. The van der Waals surface area contributed by atoms with Gasteiger partial charge >= 0.3 is 0 Å². The number of aromatic nitrogens is 3. The third-order valence-corrected chi connectivity index (χ3v) is 2.82. The molecule has 0 aliphatic carbocycles. The molecule has 1 aromatic heterocycles. The van der Waals surface area contributed by atoms with E-state index in [1.54, 1.807) is 17.9 Å². The number of hydrogen-bond acceptors (Lipinski definition) is 3. The van der Waals surface area contributed by atoms with Crippen LogP contribution in [0.5, 0.6) is 0 Å². The Morgan fingerprint density at radius 2 is 2.00 bits per heavy atom. The molecule has 0 saturated carbocycles. The lowest BCUT2D eigenvalue weighted by atomic mass is 10.3. The molecule has 17 heavy (non-hydrogen) atoms. The molecular formula is C10H9Cl2FN4. The molecule has 1 aromatic carbocycles. The van der Waals surface area contributed by atoms with Gasteiger partial charge in [-0.05, 0) is 12.1 Å². The van der Waals surface area contributed by atoms with E-state index in [1.807, 2.05) is 0 Å². The summed E-state index contributed by atoms with van der Waals surface area (Å²) in [6, 6.07) is 2.96. The van der Waals surface area contributed by atoms with E-state index in [-0.39, 0.29) is 10.0 Å². The topological polar surface area (TPSA) is 42.7 Å². The lowest BCUT2D eigenvalue weighted by Gasteiger charge is -2.07. The summed E-state index contributed by atoms with van der Waals surface area (Å²) in [4.78, 5) is 0. The first-order valence-electron chi connectivity index (χ1n) is 4.80. The Labute approximate surface area is 107 Å². The van der Waals surface area contributed by atoms with Crippen LogP contribution < -0.4 is 5.32 Å². The fourth-order valence-corrected chi connectivity index (χ4v) is 1.81. The highest BCUT2D eigenvalue weighted by Crippen LogP contribution is 2.27. The Bertz CT molecular complexity index is 518. The van der Waals surface area contributed by atoms with Gasteiger partial charge < -0.3 is 5.32 Å². The van der Waals surface area contributed by atoms with Crippen molar-refractivity contribution >= 4 is 28.9 Å². The zero-order valence-electron chi connectivity index (χ0n) is 8.91. The van der Waals surface area contributed by atoms with Gasteiger partial charge in [-0.3, -0.25) is 4.68 Å². The van der Waals surface area contributed by atoms with Gasteiger partial charge in [-0.2, -0.15) is 0 Å². The summed E-state index contributed by atoms with van der Waals surface area (Å²) in [7, 11) is 1.79. The summed E-state index contributed by atoms with van der Waals surface area (Å²) < 4.78 is 14.8. The number of aryl methyl sites for hydroxylation is 1. The minimum Gasteiger partial charge on any atom is -0.379 e. The van der Waals surface area contributed by atoms with Gasteiger partial charge in [-0.1, -0.05) is 28.4 Å². The van der Waals surface area contributed by atoms with Crippen LogP contribution in [0.4, 0.5) is 10.1 Å². The molecule has 0 aliphatic heterocycles. The SMILES string of the molecule is Cn1nncc1CNc1cc(Cl)c(F)c(Cl)c1. The van der Waals surface area contributed by atoms with E-state index in [9.17, 15) is 4.39 Å². The molecule has 1 heterocycles. The van der Waals surface area contributed by atoms with E-state index in [0.29, 0.717) is 12.2 Å². The molecule has 0 unspecified atom stereocenters. The summed E-state index contributed by atoms with van der Waals surface area (Å²) in [6.07, 6.45) is 1.64. The van der Waals surface area contributed by atoms with Crippen molar-refractivity contribution in [1.29, 1.82) is 0 Å². The van der Waals surface area contributed by atoms with Crippen LogP contribution in [0.2, 0.25) is 10.0 Å². The van der Waals surface area contributed by atoms with E-state index in [4.69, 9.17) is 23.2 Å². The van der Waals surface area contributed by atoms with Gasteiger partial charge in [-0.25, -0.2) is 4.39 Å². The quantitative estimate of drug-likeness (QED) is 0.876. The summed E-state index contributed by atoms with van der Waals surface area (Å²) in [5.74, 6) is -0.610. The number of benzene rings is 1. The average Bonchev–Trinajstić information content (AvgIpc) is 2.69. The Morgan fingerprint density at radius 3 is 2.53 bits per heavy atom. The second-order valence-corrected chi connectivity index (χ2v) is 4.27. The van der Waals surface area contributed by atoms with Crippen LogP contribution in [-0.4, -0.2) is 15.0 Å². The standard InChI is InChI=1S/C10H9Cl2FN4/c1-17-7(5-15-16-17)4-14-6-2-8(11)10(13)9(12)3-6/h2-3,5,14H,4H2,1H3. The molecule has 2 aromatic rings. The van der Waals surface area contributed by atoms with E-state index >= 15 is 0 Å². The first kappa shape index (κ1) is 12.1. The molecule has 0 radical (unpaired) electrons. The van der Waals surface area contributed by atoms with E-state index < -0.39 is 5.82 Å². The lowest BCUT2D eigenvalue weighted by Crippen LogP contribution is -2.05. The van der Waals surface area contributed by atoms with Crippen molar-refractivity contribution in [3.05, 3.63) is 39.9 Å². The van der Waals surface area contributed by atoms with Crippen molar-refractivity contribution < 1.29 is 4.39 Å². The summed E-state index contributed by atoms with van der Waals surface area (Å²) in [5, 5.41) is 10.6. The predicted octanol–water partition coefficient (Wildman–Crippen LogP) is 2.87. The second kappa shape index (κ2) is 4.89. The van der Waals surface area contributed by atoms with Crippen molar-refractivity contribution in [2.24, 2.45) is 7.05 Å². The van der Waals surface area contributed by atoms with Gasteiger partial charge in [0, 0.05) is 12.7 Å². The van der Waals surface area contributed by atoms with Gasteiger partial charge in [0.1, 0.15) is 0 Å². The Hall–Kier alpha value is -1.33. The van der Waals surface area contributed by atoms with Crippen LogP contribution in [0.25, 0.3) is 0 Å². The van der Waals surface area contributed by atoms with E-state index in [0.717, 1.165) is 5.69 Å². The van der Waals surface area contributed by atoms with Crippen LogP contribution in [0.15, 0.2) is 18.3 Å². The molecule has 90 valence electrons. The fourth-order valence-electron chi connectivity index (χ4n) is 1.32.